The van der Waals surface area contributed by atoms with Crippen molar-refractivity contribution >= 4 is 22.6 Å². The largest absolute Gasteiger partial charge is 0.385 e. The monoisotopic (exact) mass is 212 g/mol. The van der Waals surface area contributed by atoms with Crippen LogP contribution in [0.5, 0.6) is 0 Å². The van der Waals surface area contributed by atoms with Crippen LogP contribution in [0.2, 0.25) is 0 Å². The predicted octanol–water partition coefficient (Wildman–Crippen LogP) is 1.71. The molecule has 0 aromatic heterocycles. The minimum atomic E-state index is -0.708. The van der Waals surface area contributed by atoms with Gasteiger partial charge in [-0.3, -0.25) is 0 Å². The Morgan fingerprint density at radius 3 is 1.86 bits per heavy atom. The Morgan fingerprint density at radius 1 is 1.71 bits per heavy atom. The van der Waals surface area contributed by atoms with Gasteiger partial charge in [-0.2, -0.15) is 0 Å². The standard InChI is InChI=1S/C5H9IO/c1-4(6)5(2,3)7/h7H,1H2,2-3H3. The summed E-state index contributed by atoms with van der Waals surface area (Å²) in [6.07, 6.45) is 0. The fourth-order valence-electron chi connectivity index (χ4n) is 0. The molecular weight excluding hydrogens is 203 g/mol. The molecular formula is C5H9IO. The Morgan fingerprint density at radius 2 is 1.86 bits per heavy atom. The molecule has 0 aliphatic rings. The van der Waals surface area contributed by atoms with Crippen molar-refractivity contribution in [2.75, 3.05) is 0 Å². The van der Waals surface area contributed by atoms with Crippen molar-refractivity contribution in [3.63, 3.8) is 0 Å². The highest BCUT2D eigenvalue weighted by Gasteiger charge is 2.12. The first-order valence-electron chi connectivity index (χ1n) is 2.02. The van der Waals surface area contributed by atoms with Crippen LogP contribution in [0.15, 0.2) is 10.2 Å². The Hall–Kier alpha value is 0.430. The summed E-state index contributed by atoms with van der Waals surface area (Å²) >= 11 is 2.00. The van der Waals surface area contributed by atoms with Crippen LogP contribution in [0.4, 0.5) is 0 Å². The van der Waals surface area contributed by atoms with Crippen molar-refractivity contribution in [2.45, 2.75) is 19.4 Å². The molecule has 0 aliphatic heterocycles. The van der Waals surface area contributed by atoms with Gasteiger partial charge in [-0.1, -0.05) is 6.58 Å². The molecule has 42 valence electrons. The lowest BCUT2D eigenvalue weighted by Gasteiger charge is -2.13. The molecule has 1 N–H and O–H groups in total. The van der Waals surface area contributed by atoms with Crippen LogP contribution in [-0.2, 0) is 0 Å². The molecule has 0 rings (SSSR count). The fraction of sp³-hybridized carbons (Fsp3) is 0.600. The molecule has 0 aliphatic carbocycles. The molecule has 7 heavy (non-hydrogen) atoms. The van der Waals surface area contributed by atoms with E-state index in [1.165, 1.54) is 0 Å². The average Bonchev–Trinajstić information content (AvgIpc) is 1.31. The third-order valence-corrected chi connectivity index (χ3v) is 1.98. The van der Waals surface area contributed by atoms with E-state index in [9.17, 15) is 0 Å². The maximum atomic E-state index is 8.99. The normalized spacial score (nSPS) is 11.4. The highest BCUT2D eigenvalue weighted by molar-refractivity contribution is 14.1. The summed E-state index contributed by atoms with van der Waals surface area (Å²) in [4.78, 5) is 0. The van der Waals surface area contributed by atoms with Crippen LogP contribution in [0.25, 0.3) is 0 Å². The van der Waals surface area contributed by atoms with Crippen molar-refractivity contribution in [3.05, 3.63) is 10.2 Å². The van der Waals surface area contributed by atoms with Gasteiger partial charge in [0, 0.05) is 3.58 Å². The molecule has 0 fully saturated rings. The molecule has 0 bridgehead atoms. The van der Waals surface area contributed by atoms with Gasteiger partial charge < -0.3 is 5.11 Å². The molecule has 0 amide bonds. The summed E-state index contributed by atoms with van der Waals surface area (Å²) < 4.78 is 0.769. The second-order valence-corrected chi connectivity index (χ2v) is 3.27. The number of hydrogen-bond acceptors (Lipinski definition) is 1. The van der Waals surface area contributed by atoms with Crippen LogP contribution in [0.1, 0.15) is 13.8 Å². The molecule has 1 nitrogen and oxygen atoms in total. The first-order chi connectivity index (χ1) is 2.94. The van der Waals surface area contributed by atoms with Gasteiger partial charge >= 0.3 is 0 Å². The maximum absolute atomic E-state index is 8.99. The molecule has 0 unspecified atom stereocenters. The summed E-state index contributed by atoms with van der Waals surface area (Å²) in [5.41, 5.74) is -0.708. The number of aliphatic hydroxyl groups is 1. The second kappa shape index (κ2) is 2.13. The lowest BCUT2D eigenvalue weighted by molar-refractivity contribution is 0.131. The van der Waals surface area contributed by atoms with E-state index in [1.54, 1.807) is 13.8 Å². The van der Waals surface area contributed by atoms with Crippen molar-refractivity contribution in [1.82, 2.24) is 0 Å². The first-order valence-corrected chi connectivity index (χ1v) is 3.09. The maximum Gasteiger partial charge on any atom is 0.0890 e. The molecule has 0 aromatic rings. The molecule has 0 atom stereocenters. The quantitative estimate of drug-likeness (QED) is 0.656. The van der Waals surface area contributed by atoms with E-state index < -0.39 is 5.60 Å². The second-order valence-electron chi connectivity index (χ2n) is 1.96. The van der Waals surface area contributed by atoms with Crippen LogP contribution in [0, 0.1) is 0 Å². The van der Waals surface area contributed by atoms with E-state index in [0.29, 0.717) is 0 Å². The summed E-state index contributed by atoms with van der Waals surface area (Å²) in [6.45, 7) is 6.98. The number of hydrogen-bond donors (Lipinski definition) is 1. The predicted molar refractivity (Wildman–Crippen MR) is 39.5 cm³/mol. The van der Waals surface area contributed by atoms with Crippen LogP contribution >= 0.6 is 22.6 Å². The van der Waals surface area contributed by atoms with Crippen LogP contribution in [0.3, 0.4) is 0 Å². The Kier molecular flexibility index (Phi) is 2.26. The minimum absolute atomic E-state index is 0.708. The molecule has 0 spiro atoms. The number of halogens is 1. The Balaban J connectivity index is 3.79. The third kappa shape index (κ3) is 3.05. The molecule has 0 aromatic carbocycles. The van der Waals surface area contributed by atoms with Gasteiger partial charge in [0.2, 0.25) is 0 Å². The highest BCUT2D eigenvalue weighted by Crippen LogP contribution is 2.18. The Labute approximate surface area is 57.6 Å². The van der Waals surface area contributed by atoms with E-state index in [2.05, 4.69) is 6.58 Å². The van der Waals surface area contributed by atoms with E-state index in [0.717, 1.165) is 3.58 Å². The summed E-state index contributed by atoms with van der Waals surface area (Å²) in [5, 5.41) is 8.99. The van der Waals surface area contributed by atoms with E-state index in [1.807, 2.05) is 22.6 Å². The summed E-state index contributed by atoms with van der Waals surface area (Å²) in [7, 11) is 0. The van der Waals surface area contributed by atoms with E-state index in [4.69, 9.17) is 5.11 Å². The van der Waals surface area contributed by atoms with Crippen LogP contribution in [-0.4, -0.2) is 10.7 Å². The first kappa shape index (κ1) is 7.43. The number of rotatable bonds is 1. The smallest absolute Gasteiger partial charge is 0.0890 e. The molecule has 0 saturated heterocycles. The van der Waals surface area contributed by atoms with Crippen molar-refractivity contribution in [3.8, 4) is 0 Å². The van der Waals surface area contributed by atoms with Crippen molar-refractivity contribution in [1.29, 1.82) is 0 Å². The Bertz CT molecular complexity index is 80.6. The van der Waals surface area contributed by atoms with Gasteiger partial charge in [0.05, 0.1) is 5.60 Å². The van der Waals surface area contributed by atoms with Gasteiger partial charge in [0.1, 0.15) is 0 Å². The lowest BCUT2D eigenvalue weighted by atomic mass is 10.1. The zero-order valence-corrected chi connectivity index (χ0v) is 6.69. The van der Waals surface area contributed by atoms with Gasteiger partial charge in [0.25, 0.3) is 0 Å². The summed E-state index contributed by atoms with van der Waals surface area (Å²) in [6, 6.07) is 0. The van der Waals surface area contributed by atoms with Crippen molar-refractivity contribution < 1.29 is 5.11 Å². The topological polar surface area (TPSA) is 20.2 Å². The third-order valence-electron chi connectivity index (χ3n) is 0.664. The average molecular weight is 212 g/mol. The molecule has 0 heterocycles. The lowest BCUT2D eigenvalue weighted by Crippen LogP contribution is -2.16. The SMILES string of the molecule is C=C(I)C(C)(C)O. The van der Waals surface area contributed by atoms with E-state index in [-0.39, 0.29) is 0 Å². The van der Waals surface area contributed by atoms with E-state index >= 15 is 0 Å². The zero-order valence-electron chi connectivity index (χ0n) is 4.53. The molecule has 0 saturated carbocycles. The highest BCUT2D eigenvalue weighted by atomic mass is 127. The summed E-state index contributed by atoms with van der Waals surface area (Å²) in [5.74, 6) is 0. The van der Waals surface area contributed by atoms with Crippen LogP contribution < -0.4 is 0 Å². The van der Waals surface area contributed by atoms with Crippen molar-refractivity contribution in [2.24, 2.45) is 0 Å². The zero-order chi connectivity index (χ0) is 6.08. The van der Waals surface area contributed by atoms with Gasteiger partial charge in [0.15, 0.2) is 0 Å². The molecule has 2 heteroatoms. The minimum Gasteiger partial charge on any atom is -0.385 e. The van der Waals surface area contributed by atoms with Gasteiger partial charge in [-0.15, -0.1) is 0 Å². The van der Waals surface area contributed by atoms with Gasteiger partial charge in [-0.05, 0) is 36.4 Å². The van der Waals surface area contributed by atoms with Gasteiger partial charge in [-0.25, -0.2) is 0 Å². The fourth-order valence-corrected chi connectivity index (χ4v) is 0. The molecule has 0 radical (unpaired) electrons.